The number of anilines is 1. The molecule has 204 valence electrons. The topological polar surface area (TPSA) is 86.0 Å². The number of aryl methyl sites for hydroxylation is 1. The molecule has 1 amide bonds. The second-order valence-corrected chi connectivity index (χ2v) is 9.63. The molecule has 1 saturated heterocycles. The number of benzene rings is 2. The van der Waals surface area contributed by atoms with Gasteiger partial charge in [0.2, 0.25) is 0 Å². The van der Waals surface area contributed by atoms with Gasteiger partial charge in [-0.05, 0) is 54.4 Å². The van der Waals surface area contributed by atoms with E-state index in [1.807, 2.05) is 17.9 Å². The normalized spacial score (nSPS) is 15.1. The number of nitrogens with one attached hydrogen (secondary N) is 1. The molecule has 3 heterocycles. The highest BCUT2D eigenvalue weighted by Gasteiger charge is 2.34. The Bertz CT molecular complexity index is 1480. The fourth-order valence-corrected chi connectivity index (χ4v) is 4.86. The Kier molecular flexibility index (Phi) is 7.65. The maximum absolute atomic E-state index is 14.0. The van der Waals surface area contributed by atoms with Gasteiger partial charge in [-0.15, -0.1) is 0 Å². The number of rotatable bonds is 7. The minimum Gasteiger partial charge on any atom is -0.395 e. The summed E-state index contributed by atoms with van der Waals surface area (Å²) in [7, 11) is 0. The van der Waals surface area contributed by atoms with Crippen molar-refractivity contribution in [3.8, 4) is 11.3 Å². The number of nitrogens with zero attached hydrogens (tertiary/aromatic N) is 5. The van der Waals surface area contributed by atoms with Crippen LogP contribution >= 0.6 is 0 Å². The van der Waals surface area contributed by atoms with Crippen LogP contribution in [0.25, 0.3) is 16.9 Å². The third-order valence-corrected chi connectivity index (χ3v) is 7.00. The van der Waals surface area contributed by atoms with E-state index >= 15 is 0 Å². The minimum absolute atomic E-state index is 0.0626. The summed E-state index contributed by atoms with van der Waals surface area (Å²) >= 11 is 0. The number of halogens is 3. The van der Waals surface area contributed by atoms with Crippen molar-refractivity contribution in [1.29, 1.82) is 0 Å². The Hall–Kier alpha value is -3.80. The summed E-state index contributed by atoms with van der Waals surface area (Å²) < 4.78 is 43.7. The van der Waals surface area contributed by atoms with Crippen molar-refractivity contribution in [2.45, 2.75) is 19.6 Å². The Morgan fingerprint density at radius 2 is 1.82 bits per heavy atom. The van der Waals surface area contributed by atoms with E-state index in [9.17, 15) is 18.0 Å². The zero-order valence-corrected chi connectivity index (χ0v) is 21.4. The maximum Gasteiger partial charge on any atom is 0.416 e. The summed E-state index contributed by atoms with van der Waals surface area (Å²) in [6, 6.07) is 12.7. The first-order valence-electron chi connectivity index (χ1n) is 12.7. The van der Waals surface area contributed by atoms with Gasteiger partial charge >= 0.3 is 6.18 Å². The standard InChI is InChI=1S/C28H29F3N6O2/c1-19-4-5-20(15-23(19)25-17-32-26-3-2-8-33-37(25)26)27(39)34-22-7-6-21(24(16-22)28(29,30)31)18-36-11-9-35(10-12-36)13-14-38/h2-8,15-17,38H,9-14,18H2,1H3,(H,34,39). The SMILES string of the molecule is Cc1ccc(C(=O)Nc2ccc(CN3CCN(CCO)CC3)c(C(F)(F)F)c2)cc1-c1cnc2cccnn12. The number of β-amino-alcohol motifs (C(OH)–C–C–N with tert-alkyl or cyclic N) is 1. The molecular formula is C28H29F3N6O2. The minimum atomic E-state index is -4.57. The second-order valence-electron chi connectivity index (χ2n) is 9.63. The second kappa shape index (κ2) is 11.1. The maximum atomic E-state index is 14.0. The molecule has 0 atom stereocenters. The highest BCUT2D eigenvalue weighted by atomic mass is 19.4. The van der Waals surface area contributed by atoms with Crippen LogP contribution in [-0.4, -0.2) is 74.7 Å². The summed E-state index contributed by atoms with van der Waals surface area (Å²) in [6.45, 7) is 5.31. The monoisotopic (exact) mass is 538 g/mol. The fraction of sp³-hybridized carbons (Fsp3) is 0.321. The molecule has 8 nitrogen and oxygen atoms in total. The van der Waals surface area contributed by atoms with Gasteiger partial charge in [-0.3, -0.25) is 14.6 Å². The highest BCUT2D eigenvalue weighted by Crippen LogP contribution is 2.35. The van der Waals surface area contributed by atoms with Crippen molar-refractivity contribution in [1.82, 2.24) is 24.4 Å². The number of aliphatic hydroxyl groups excluding tert-OH is 1. The van der Waals surface area contributed by atoms with Crippen molar-refractivity contribution >= 4 is 17.2 Å². The lowest BCUT2D eigenvalue weighted by molar-refractivity contribution is -0.138. The van der Waals surface area contributed by atoms with Crippen LogP contribution in [-0.2, 0) is 12.7 Å². The summed E-state index contributed by atoms with van der Waals surface area (Å²) in [5, 5.41) is 16.1. The van der Waals surface area contributed by atoms with Crippen molar-refractivity contribution < 1.29 is 23.1 Å². The number of aromatic nitrogens is 3. The average Bonchev–Trinajstić information content (AvgIpc) is 3.34. The number of hydrogen-bond acceptors (Lipinski definition) is 6. The van der Waals surface area contributed by atoms with Crippen molar-refractivity contribution in [3.05, 3.63) is 83.2 Å². The zero-order chi connectivity index (χ0) is 27.6. The van der Waals surface area contributed by atoms with E-state index in [-0.39, 0.29) is 24.4 Å². The zero-order valence-electron chi connectivity index (χ0n) is 21.4. The summed E-state index contributed by atoms with van der Waals surface area (Å²) in [6.07, 6.45) is -1.25. The van der Waals surface area contributed by atoms with Gasteiger partial charge in [0.15, 0.2) is 5.65 Å². The van der Waals surface area contributed by atoms with Crippen LogP contribution in [0.5, 0.6) is 0 Å². The Morgan fingerprint density at radius 3 is 2.56 bits per heavy atom. The van der Waals surface area contributed by atoms with E-state index < -0.39 is 17.6 Å². The number of aliphatic hydroxyl groups is 1. The van der Waals surface area contributed by atoms with E-state index in [0.717, 1.165) is 17.2 Å². The molecule has 4 aromatic rings. The van der Waals surface area contributed by atoms with Crippen molar-refractivity contribution in [2.24, 2.45) is 0 Å². The molecule has 0 unspecified atom stereocenters. The van der Waals surface area contributed by atoms with Gasteiger partial charge in [-0.25, -0.2) is 9.50 Å². The quantitative estimate of drug-likeness (QED) is 0.369. The number of amides is 1. The van der Waals surface area contributed by atoms with Gasteiger partial charge in [0.1, 0.15) is 0 Å². The molecule has 1 aliphatic rings. The van der Waals surface area contributed by atoms with Gasteiger partial charge in [-0.1, -0.05) is 12.1 Å². The van der Waals surface area contributed by atoms with Crippen LogP contribution in [0.1, 0.15) is 27.0 Å². The third-order valence-electron chi connectivity index (χ3n) is 7.00. The molecule has 2 aromatic carbocycles. The molecule has 0 radical (unpaired) electrons. The lowest BCUT2D eigenvalue weighted by atomic mass is 10.0. The van der Waals surface area contributed by atoms with Gasteiger partial charge in [0.05, 0.1) is 24.1 Å². The van der Waals surface area contributed by atoms with Crippen molar-refractivity contribution in [3.63, 3.8) is 0 Å². The summed E-state index contributed by atoms with van der Waals surface area (Å²) in [5.41, 5.74) is 2.79. The molecular weight excluding hydrogens is 509 g/mol. The van der Waals surface area contributed by atoms with Gasteiger partial charge in [0, 0.05) is 62.3 Å². The molecule has 0 bridgehead atoms. The number of carbonyl (C=O) groups excluding carboxylic acids is 1. The molecule has 1 fully saturated rings. The van der Waals surface area contributed by atoms with E-state index in [4.69, 9.17) is 5.11 Å². The number of fused-ring (bicyclic) bond motifs is 1. The number of imidazole rings is 1. The molecule has 39 heavy (non-hydrogen) atoms. The van der Waals surface area contributed by atoms with E-state index in [2.05, 4.69) is 20.3 Å². The van der Waals surface area contributed by atoms with E-state index in [0.29, 0.717) is 49.6 Å². The summed E-state index contributed by atoms with van der Waals surface area (Å²) in [4.78, 5) is 21.5. The van der Waals surface area contributed by atoms with Gasteiger partial charge in [0.25, 0.3) is 5.91 Å². The van der Waals surface area contributed by atoms with Crippen LogP contribution in [0.15, 0.2) is 60.9 Å². The third kappa shape index (κ3) is 5.95. The van der Waals surface area contributed by atoms with Gasteiger partial charge < -0.3 is 10.4 Å². The predicted molar refractivity (Wildman–Crippen MR) is 141 cm³/mol. The molecule has 11 heteroatoms. The average molecular weight is 539 g/mol. The molecule has 5 rings (SSSR count). The first-order chi connectivity index (χ1) is 18.7. The molecule has 2 N–H and O–H groups in total. The van der Waals surface area contributed by atoms with Crippen LogP contribution < -0.4 is 5.32 Å². The molecule has 0 saturated carbocycles. The number of alkyl halides is 3. The predicted octanol–water partition coefficient (Wildman–Crippen LogP) is 4.09. The van der Waals surface area contributed by atoms with E-state index in [1.54, 1.807) is 41.2 Å². The smallest absolute Gasteiger partial charge is 0.395 e. The number of piperazine rings is 1. The Morgan fingerprint density at radius 1 is 1.05 bits per heavy atom. The van der Waals surface area contributed by atoms with Crippen LogP contribution in [0.3, 0.4) is 0 Å². The highest BCUT2D eigenvalue weighted by molar-refractivity contribution is 6.05. The number of carbonyl (C=O) groups is 1. The summed E-state index contributed by atoms with van der Waals surface area (Å²) in [5.74, 6) is -0.515. The lowest BCUT2D eigenvalue weighted by Gasteiger charge is -2.34. The van der Waals surface area contributed by atoms with Crippen molar-refractivity contribution in [2.75, 3.05) is 44.6 Å². The van der Waals surface area contributed by atoms with Gasteiger partial charge in [-0.2, -0.15) is 18.3 Å². The van der Waals surface area contributed by atoms with Crippen LogP contribution in [0.2, 0.25) is 0 Å². The Balaban J connectivity index is 1.35. The first kappa shape index (κ1) is 26.8. The molecule has 1 aliphatic heterocycles. The fourth-order valence-electron chi connectivity index (χ4n) is 4.86. The molecule has 0 spiro atoms. The molecule has 2 aromatic heterocycles. The lowest BCUT2D eigenvalue weighted by Crippen LogP contribution is -2.46. The van der Waals surface area contributed by atoms with E-state index in [1.165, 1.54) is 12.1 Å². The number of hydrogen-bond donors (Lipinski definition) is 2. The van der Waals surface area contributed by atoms with Crippen LogP contribution in [0.4, 0.5) is 18.9 Å². The first-order valence-corrected chi connectivity index (χ1v) is 12.7. The Labute approximate surface area is 223 Å². The molecule has 0 aliphatic carbocycles. The largest absolute Gasteiger partial charge is 0.416 e. The van der Waals surface area contributed by atoms with Crippen LogP contribution in [0, 0.1) is 6.92 Å².